The van der Waals surface area contributed by atoms with E-state index >= 15 is 0 Å². The number of aromatic nitrogens is 2. The standard InChI is InChI=1S/C25H29FN6O/c26-20-8-2-1-7-19(20)25(33)27-11-14-30-15-17-32(18-16-30)24-23(31-12-5-6-13-31)28-21-9-3-4-10-22(21)29-24/h1-4,7-10H,5-6,11-18H2,(H,27,33). The highest BCUT2D eigenvalue weighted by Gasteiger charge is 2.25. The summed E-state index contributed by atoms with van der Waals surface area (Å²) in [5, 5.41) is 2.83. The van der Waals surface area contributed by atoms with Gasteiger partial charge in [-0.25, -0.2) is 14.4 Å². The largest absolute Gasteiger partial charge is 0.354 e. The minimum atomic E-state index is -0.492. The minimum absolute atomic E-state index is 0.0895. The number of halogens is 1. The van der Waals surface area contributed by atoms with Crippen LogP contribution < -0.4 is 15.1 Å². The van der Waals surface area contributed by atoms with Crippen LogP contribution >= 0.6 is 0 Å². The van der Waals surface area contributed by atoms with Gasteiger partial charge in [0, 0.05) is 52.4 Å². The molecule has 0 spiro atoms. The second-order valence-corrected chi connectivity index (χ2v) is 8.62. The number of hydrogen-bond acceptors (Lipinski definition) is 6. The number of anilines is 2. The molecule has 2 fully saturated rings. The van der Waals surface area contributed by atoms with E-state index in [0.717, 1.165) is 68.5 Å². The maximum atomic E-state index is 13.8. The molecule has 5 rings (SSSR count). The average molecular weight is 449 g/mol. The van der Waals surface area contributed by atoms with Gasteiger partial charge in [0.05, 0.1) is 16.6 Å². The average Bonchev–Trinajstić information content (AvgIpc) is 3.39. The normalized spacial score (nSPS) is 17.0. The fourth-order valence-electron chi connectivity index (χ4n) is 4.59. The van der Waals surface area contributed by atoms with Crippen molar-refractivity contribution in [1.82, 2.24) is 20.2 Å². The maximum Gasteiger partial charge on any atom is 0.254 e. The Labute approximate surface area is 193 Å². The molecule has 3 heterocycles. The van der Waals surface area contributed by atoms with Crippen LogP contribution in [-0.2, 0) is 0 Å². The van der Waals surface area contributed by atoms with E-state index in [0.29, 0.717) is 6.54 Å². The number of fused-ring (bicyclic) bond motifs is 1. The Hall–Kier alpha value is -3.26. The van der Waals surface area contributed by atoms with Gasteiger partial charge in [-0.2, -0.15) is 0 Å². The second-order valence-electron chi connectivity index (χ2n) is 8.62. The molecule has 2 aromatic carbocycles. The number of rotatable bonds is 6. The predicted molar refractivity (Wildman–Crippen MR) is 128 cm³/mol. The van der Waals surface area contributed by atoms with Crippen molar-refractivity contribution >= 4 is 28.6 Å². The third-order valence-electron chi connectivity index (χ3n) is 6.44. The molecular formula is C25H29FN6O. The van der Waals surface area contributed by atoms with Crippen LogP contribution in [0.1, 0.15) is 23.2 Å². The molecule has 1 aromatic heterocycles. The fraction of sp³-hybridized carbons (Fsp3) is 0.400. The number of amides is 1. The molecule has 0 atom stereocenters. The number of nitrogens with zero attached hydrogens (tertiary/aromatic N) is 5. The second kappa shape index (κ2) is 9.70. The Bertz CT molecular complexity index is 1120. The Kier molecular flexibility index (Phi) is 6.35. The van der Waals surface area contributed by atoms with E-state index in [1.165, 1.54) is 25.0 Å². The fourth-order valence-corrected chi connectivity index (χ4v) is 4.59. The van der Waals surface area contributed by atoms with E-state index in [2.05, 4.69) is 20.0 Å². The van der Waals surface area contributed by atoms with E-state index in [1.54, 1.807) is 12.1 Å². The molecule has 3 aromatic rings. The molecule has 33 heavy (non-hydrogen) atoms. The Balaban J connectivity index is 1.21. The van der Waals surface area contributed by atoms with E-state index < -0.39 is 5.82 Å². The number of hydrogen-bond donors (Lipinski definition) is 1. The molecule has 8 heteroatoms. The van der Waals surface area contributed by atoms with Gasteiger partial charge in [-0.1, -0.05) is 24.3 Å². The molecule has 2 aliphatic heterocycles. The smallest absolute Gasteiger partial charge is 0.254 e. The van der Waals surface area contributed by atoms with Gasteiger partial charge < -0.3 is 15.1 Å². The molecule has 7 nitrogen and oxygen atoms in total. The Morgan fingerprint density at radius 2 is 1.39 bits per heavy atom. The molecule has 0 radical (unpaired) electrons. The van der Waals surface area contributed by atoms with Crippen molar-refractivity contribution < 1.29 is 9.18 Å². The summed E-state index contributed by atoms with van der Waals surface area (Å²) in [6, 6.07) is 14.1. The monoisotopic (exact) mass is 448 g/mol. The van der Waals surface area contributed by atoms with E-state index in [9.17, 15) is 9.18 Å². The quantitative estimate of drug-likeness (QED) is 0.626. The van der Waals surface area contributed by atoms with Gasteiger partial charge in [-0.05, 0) is 37.1 Å². The number of benzene rings is 2. The number of carbonyl (C=O) groups is 1. The first-order valence-electron chi connectivity index (χ1n) is 11.7. The van der Waals surface area contributed by atoms with Crippen LogP contribution in [0.25, 0.3) is 11.0 Å². The number of carbonyl (C=O) groups excluding carboxylic acids is 1. The molecular weight excluding hydrogens is 419 g/mol. The summed E-state index contributed by atoms with van der Waals surface area (Å²) in [5.74, 6) is 1.11. The zero-order valence-electron chi connectivity index (χ0n) is 18.7. The van der Waals surface area contributed by atoms with Gasteiger partial charge in [0.1, 0.15) is 5.82 Å². The summed E-state index contributed by atoms with van der Waals surface area (Å²) in [4.78, 5) is 29.2. The van der Waals surface area contributed by atoms with E-state index in [1.807, 2.05) is 24.3 Å². The van der Waals surface area contributed by atoms with E-state index in [4.69, 9.17) is 9.97 Å². The van der Waals surface area contributed by atoms with Crippen molar-refractivity contribution in [3.8, 4) is 0 Å². The molecule has 0 unspecified atom stereocenters. The van der Waals surface area contributed by atoms with Gasteiger partial charge in [-0.15, -0.1) is 0 Å². The van der Waals surface area contributed by atoms with Crippen molar-refractivity contribution in [2.24, 2.45) is 0 Å². The highest BCUT2D eigenvalue weighted by Crippen LogP contribution is 2.31. The molecule has 1 amide bonds. The first-order chi connectivity index (χ1) is 16.2. The van der Waals surface area contributed by atoms with Crippen molar-refractivity contribution in [3.63, 3.8) is 0 Å². The highest BCUT2D eigenvalue weighted by molar-refractivity contribution is 5.94. The summed E-state index contributed by atoms with van der Waals surface area (Å²) in [5.41, 5.74) is 1.95. The van der Waals surface area contributed by atoms with Gasteiger partial charge in [-0.3, -0.25) is 9.69 Å². The Morgan fingerprint density at radius 1 is 0.818 bits per heavy atom. The van der Waals surface area contributed by atoms with E-state index in [-0.39, 0.29) is 11.5 Å². The third-order valence-corrected chi connectivity index (χ3v) is 6.44. The topological polar surface area (TPSA) is 64.6 Å². The van der Waals surface area contributed by atoms with Crippen LogP contribution in [0, 0.1) is 5.82 Å². The van der Waals surface area contributed by atoms with Gasteiger partial charge in [0.15, 0.2) is 11.6 Å². The Morgan fingerprint density at radius 3 is 2.03 bits per heavy atom. The number of nitrogens with one attached hydrogen (secondary N) is 1. The van der Waals surface area contributed by atoms with Crippen molar-refractivity contribution in [1.29, 1.82) is 0 Å². The first-order valence-corrected chi connectivity index (χ1v) is 11.7. The molecule has 1 N–H and O–H groups in total. The summed E-state index contributed by atoms with van der Waals surface area (Å²) < 4.78 is 13.8. The molecule has 2 saturated heterocycles. The van der Waals surface area contributed by atoms with Crippen LogP contribution in [0.2, 0.25) is 0 Å². The number of para-hydroxylation sites is 2. The maximum absolute atomic E-state index is 13.8. The van der Waals surface area contributed by atoms with Crippen LogP contribution in [0.4, 0.5) is 16.0 Å². The van der Waals surface area contributed by atoms with Crippen molar-refractivity contribution in [2.75, 3.05) is 62.2 Å². The lowest BCUT2D eigenvalue weighted by atomic mass is 10.2. The number of piperazine rings is 1. The van der Waals surface area contributed by atoms with Crippen LogP contribution in [0.15, 0.2) is 48.5 Å². The summed E-state index contributed by atoms with van der Waals surface area (Å²) >= 11 is 0. The molecule has 2 aliphatic rings. The first kappa shape index (κ1) is 21.6. The molecule has 0 saturated carbocycles. The molecule has 172 valence electrons. The lowest BCUT2D eigenvalue weighted by Crippen LogP contribution is -2.49. The van der Waals surface area contributed by atoms with Crippen LogP contribution in [0.3, 0.4) is 0 Å². The summed E-state index contributed by atoms with van der Waals surface area (Å²) in [7, 11) is 0. The molecule has 0 bridgehead atoms. The van der Waals surface area contributed by atoms with Crippen LogP contribution in [-0.4, -0.2) is 73.1 Å². The molecule has 0 aliphatic carbocycles. The summed E-state index contributed by atoms with van der Waals surface area (Å²) in [6.07, 6.45) is 2.39. The van der Waals surface area contributed by atoms with Crippen molar-refractivity contribution in [2.45, 2.75) is 12.8 Å². The van der Waals surface area contributed by atoms with Crippen molar-refractivity contribution in [3.05, 3.63) is 59.9 Å². The lowest BCUT2D eigenvalue weighted by molar-refractivity contribution is 0.0943. The zero-order chi connectivity index (χ0) is 22.6. The SMILES string of the molecule is O=C(NCCN1CCN(c2nc3ccccc3nc2N2CCCC2)CC1)c1ccccc1F. The van der Waals surface area contributed by atoms with Gasteiger partial charge in [0.2, 0.25) is 0 Å². The van der Waals surface area contributed by atoms with Gasteiger partial charge in [0.25, 0.3) is 5.91 Å². The van der Waals surface area contributed by atoms with Gasteiger partial charge >= 0.3 is 0 Å². The summed E-state index contributed by atoms with van der Waals surface area (Å²) in [6.45, 7) is 6.75. The van der Waals surface area contributed by atoms with Crippen LogP contribution in [0.5, 0.6) is 0 Å². The highest BCUT2D eigenvalue weighted by atomic mass is 19.1. The predicted octanol–water partition coefficient (Wildman–Crippen LogP) is 2.92. The minimum Gasteiger partial charge on any atom is -0.354 e. The lowest BCUT2D eigenvalue weighted by Gasteiger charge is -2.36. The zero-order valence-corrected chi connectivity index (χ0v) is 18.7. The third kappa shape index (κ3) is 4.75.